The highest BCUT2D eigenvalue weighted by molar-refractivity contribution is 9.10. The Morgan fingerprint density at radius 3 is 2.40 bits per heavy atom. The second-order valence-electron chi connectivity index (χ2n) is 6.61. The molecular formula is C21H18BrN3O5. The van der Waals surface area contributed by atoms with Crippen molar-refractivity contribution in [1.29, 1.82) is 0 Å². The zero-order chi connectivity index (χ0) is 21.8. The number of benzene rings is 2. The summed E-state index contributed by atoms with van der Waals surface area (Å²) in [6.07, 6.45) is 1.29. The van der Waals surface area contributed by atoms with Gasteiger partial charge in [-0.15, -0.1) is 0 Å². The van der Waals surface area contributed by atoms with Crippen LogP contribution >= 0.6 is 15.9 Å². The van der Waals surface area contributed by atoms with E-state index in [4.69, 9.17) is 4.74 Å². The van der Waals surface area contributed by atoms with Crippen LogP contribution in [0.2, 0.25) is 0 Å². The molecule has 0 aromatic heterocycles. The number of imide groups is 2. The van der Waals surface area contributed by atoms with Gasteiger partial charge in [-0.3, -0.25) is 25.0 Å². The van der Waals surface area contributed by atoms with Gasteiger partial charge in [0.25, 0.3) is 17.7 Å². The minimum atomic E-state index is -0.879. The summed E-state index contributed by atoms with van der Waals surface area (Å²) in [5.41, 5.74) is 2.97. The summed E-state index contributed by atoms with van der Waals surface area (Å²) in [5.74, 6) is -1.71. The minimum absolute atomic E-state index is 0.253. The largest absolute Gasteiger partial charge is 0.483 e. The van der Waals surface area contributed by atoms with Crippen LogP contribution < -0.4 is 20.7 Å². The molecule has 0 radical (unpaired) electrons. The van der Waals surface area contributed by atoms with Gasteiger partial charge in [-0.2, -0.15) is 0 Å². The minimum Gasteiger partial charge on any atom is -0.483 e. The van der Waals surface area contributed by atoms with Crippen molar-refractivity contribution in [1.82, 2.24) is 10.6 Å². The first-order valence-electron chi connectivity index (χ1n) is 8.91. The van der Waals surface area contributed by atoms with E-state index in [1.54, 1.807) is 24.3 Å². The molecule has 9 heteroatoms. The second-order valence-corrected chi connectivity index (χ2v) is 7.53. The number of halogens is 1. The Morgan fingerprint density at radius 1 is 1.03 bits per heavy atom. The van der Waals surface area contributed by atoms with Gasteiger partial charge in [-0.05, 0) is 61.4 Å². The maximum atomic E-state index is 12.3. The molecule has 0 aliphatic carbocycles. The van der Waals surface area contributed by atoms with Crippen molar-refractivity contribution < 1.29 is 23.9 Å². The first-order valence-corrected chi connectivity index (χ1v) is 9.70. The lowest BCUT2D eigenvalue weighted by Gasteiger charge is -2.15. The molecule has 1 aliphatic heterocycles. The Hall–Kier alpha value is -3.46. The summed E-state index contributed by atoms with van der Waals surface area (Å²) in [6.45, 7) is 3.66. The predicted molar refractivity (Wildman–Crippen MR) is 114 cm³/mol. The third kappa shape index (κ3) is 5.12. The number of hydrogen-bond donors (Lipinski definition) is 3. The standard InChI is InChI=1S/C21H18BrN3O5/c1-11-3-5-15(7-12(11)2)23-18(26)10-30-17-6-4-14(22)8-13(17)9-16-19(27)24-21(29)25-20(16)28/h3-9H,10H2,1-2H3,(H,23,26)(H2,24,25,27,28,29). The van der Waals surface area contributed by atoms with E-state index in [-0.39, 0.29) is 18.1 Å². The Morgan fingerprint density at radius 2 is 1.73 bits per heavy atom. The maximum Gasteiger partial charge on any atom is 0.328 e. The SMILES string of the molecule is Cc1ccc(NC(=O)COc2ccc(Br)cc2C=C2C(=O)NC(=O)NC2=O)cc1C. The first-order chi connectivity index (χ1) is 14.2. The molecule has 3 rings (SSSR count). The molecule has 30 heavy (non-hydrogen) atoms. The van der Waals surface area contributed by atoms with Gasteiger partial charge < -0.3 is 10.1 Å². The number of ether oxygens (including phenoxy) is 1. The van der Waals surface area contributed by atoms with Crippen LogP contribution in [0.3, 0.4) is 0 Å². The molecule has 1 aliphatic rings. The molecule has 154 valence electrons. The van der Waals surface area contributed by atoms with E-state index in [2.05, 4.69) is 21.2 Å². The van der Waals surface area contributed by atoms with Crippen molar-refractivity contribution in [3.63, 3.8) is 0 Å². The molecule has 2 aromatic carbocycles. The van der Waals surface area contributed by atoms with Crippen LogP contribution in [0.25, 0.3) is 6.08 Å². The first kappa shape index (κ1) is 21.3. The maximum absolute atomic E-state index is 12.3. The number of carbonyl (C=O) groups is 4. The van der Waals surface area contributed by atoms with Gasteiger partial charge >= 0.3 is 6.03 Å². The number of anilines is 1. The van der Waals surface area contributed by atoms with E-state index in [0.29, 0.717) is 21.5 Å². The smallest absolute Gasteiger partial charge is 0.328 e. The molecule has 1 fully saturated rings. The Labute approximate surface area is 180 Å². The van der Waals surface area contributed by atoms with E-state index in [0.717, 1.165) is 11.1 Å². The monoisotopic (exact) mass is 471 g/mol. The molecular weight excluding hydrogens is 454 g/mol. The fourth-order valence-electron chi connectivity index (χ4n) is 2.68. The fourth-order valence-corrected chi connectivity index (χ4v) is 3.06. The molecule has 8 nitrogen and oxygen atoms in total. The van der Waals surface area contributed by atoms with Gasteiger partial charge in [0.2, 0.25) is 0 Å². The van der Waals surface area contributed by atoms with Crippen LogP contribution in [0, 0.1) is 13.8 Å². The predicted octanol–water partition coefficient (Wildman–Crippen LogP) is 2.83. The van der Waals surface area contributed by atoms with E-state index in [1.807, 2.05) is 36.6 Å². The van der Waals surface area contributed by atoms with Crippen LogP contribution in [0.15, 0.2) is 46.4 Å². The molecule has 0 atom stereocenters. The Kier molecular flexibility index (Phi) is 6.31. The number of nitrogens with one attached hydrogen (secondary N) is 3. The highest BCUT2D eigenvalue weighted by Gasteiger charge is 2.28. The third-order valence-corrected chi connectivity index (χ3v) is 4.86. The third-order valence-electron chi connectivity index (χ3n) is 4.36. The Balaban J connectivity index is 1.75. The quantitative estimate of drug-likeness (QED) is 0.458. The van der Waals surface area contributed by atoms with Crippen LogP contribution in [0.5, 0.6) is 5.75 Å². The molecule has 1 saturated heterocycles. The van der Waals surface area contributed by atoms with Crippen molar-refractivity contribution >= 4 is 51.4 Å². The topological polar surface area (TPSA) is 114 Å². The second kappa shape index (κ2) is 8.91. The lowest BCUT2D eigenvalue weighted by molar-refractivity contribution is -0.124. The summed E-state index contributed by atoms with van der Waals surface area (Å²) in [7, 11) is 0. The molecule has 0 saturated carbocycles. The molecule has 5 amide bonds. The zero-order valence-electron chi connectivity index (χ0n) is 16.2. The summed E-state index contributed by atoms with van der Waals surface area (Å²) < 4.78 is 6.28. The lowest BCUT2D eigenvalue weighted by atomic mass is 10.1. The van der Waals surface area contributed by atoms with E-state index in [1.165, 1.54) is 6.08 Å². The van der Waals surface area contributed by atoms with Crippen LogP contribution in [0.1, 0.15) is 16.7 Å². The van der Waals surface area contributed by atoms with E-state index < -0.39 is 17.8 Å². The van der Waals surface area contributed by atoms with E-state index >= 15 is 0 Å². The normalized spacial score (nSPS) is 13.4. The van der Waals surface area contributed by atoms with Gasteiger partial charge in [0, 0.05) is 15.7 Å². The number of hydrogen-bond acceptors (Lipinski definition) is 5. The summed E-state index contributed by atoms with van der Waals surface area (Å²) in [5, 5.41) is 6.77. The van der Waals surface area contributed by atoms with Crippen molar-refractivity contribution in [2.45, 2.75) is 13.8 Å². The lowest BCUT2D eigenvalue weighted by Crippen LogP contribution is -2.51. The average molecular weight is 472 g/mol. The van der Waals surface area contributed by atoms with Crippen LogP contribution in [-0.4, -0.2) is 30.4 Å². The zero-order valence-corrected chi connectivity index (χ0v) is 17.8. The van der Waals surface area contributed by atoms with Crippen molar-refractivity contribution in [3.8, 4) is 5.75 Å². The average Bonchev–Trinajstić information content (AvgIpc) is 2.67. The number of aryl methyl sites for hydroxylation is 2. The summed E-state index contributed by atoms with van der Waals surface area (Å²) in [4.78, 5) is 47.4. The molecule has 0 unspecified atom stereocenters. The van der Waals surface area contributed by atoms with Crippen LogP contribution in [0.4, 0.5) is 10.5 Å². The molecule has 1 heterocycles. The number of rotatable bonds is 5. The van der Waals surface area contributed by atoms with Gasteiger partial charge in [-0.25, -0.2) is 4.79 Å². The number of amides is 5. The molecule has 2 aromatic rings. The number of urea groups is 1. The van der Waals surface area contributed by atoms with Crippen molar-refractivity contribution in [2.75, 3.05) is 11.9 Å². The Bertz CT molecular complexity index is 1070. The van der Waals surface area contributed by atoms with E-state index in [9.17, 15) is 19.2 Å². The number of carbonyl (C=O) groups excluding carboxylic acids is 4. The molecule has 0 spiro atoms. The highest BCUT2D eigenvalue weighted by atomic mass is 79.9. The van der Waals surface area contributed by atoms with Crippen molar-refractivity contribution in [2.24, 2.45) is 0 Å². The summed E-state index contributed by atoms with van der Waals surface area (Å²) >= 11 is 3.32. The van der Waals surface area contributed by atoms with Gasteiger partial charge in [0.15, 0.2) is 6.61 Å². The number of barbiturate groups is 1. The summed E-state index contributed by atoms with van der Waals surface area (Å²) in [6, 6.07) is 9.63. The highest BCUT2D eigenvalue weighted by Crippen LogP contribution is 2.26. The van der Waals surface area contributed by atoms with Gasteiger partial charge in [0.1, 0.15) is 11.3 Å². The fraction of sp³-hybridized carbons (Fsp3) is 0.143. The molecule has 3 N–H and O–H groups in total. The molecule has 0 bridgehead atoms. The van der Waals surface area contributed by atoms with Gasteiger partial charge in [0.05, 0.1) is 0 Å². The van der Waals surface area contributed by atoms with Gasteiger partial charge in [-0.1, -0.05) is 22.0 Å². The van der Waals surface area contributed by atoms with Crippen molar-refractivity contribution in [3.05, 3.63) is 63.1 Å². The van der Waals surface area contributed by atoms with Crippen LogP contribution in [-0.2, 0) is 14.4 Å².